The summed E-state index contributed by atoms with van der Waals surface area (Å²) < 4.78 is 1.78. The van der Waals surface area contributed by atoms with Crippen LogP contribution in [0.3, 0.4) is 0 Å². The highest BCUT2D eigenvalue weighted by atomic mass is 16.2. The van der Waals surface area contributed by atoms with Gasteiger partial charge in [0.2, 0.25) is 5.91 Å². The van der Waals surface area contributed by atoms with Crippen molar-refractivity contribution in [2.45, 2.75) is 38.6 Å². The number of rotatable bonds is 6. The molecule has 1 aromatic rings. The van der Waals surface area contributed by atoms with Crippen LogP contribution in [0.25, 0.3) is 0 Å². The van der Waals surface area contributed by atoms with E-state index in [4.69, 9.17) is 0 Å². The molecule has 0 saturated carbocycles. The van der Waals surface area contributed by atoms with E-state index in [1.54, 1.807) is 10.9 Å². The minimum Gasteiger partial charge on any atom is -0.355 e. The second-order valence-electron chi connectivity index (χ2n) is 5.06. The molecule has 1 fully saturated rings. The Balaban J connectivity index is 1.56. The van der Waals surface area contributed by atoms with Crippen molar-refractivity contribution in [2.24, 2.45) is 0 Å². The topological polar surface area (TPSA) is 63.1 Å². The molecule has 0 aliphatic carbocycles. The quantitative estimate of drug-likeness (QED) is 0.768. The van der Waals surface area contributed by atoms with Gasteiger partial charge in [-0.05, 0) is 32.4 Å². The zero-order chi connectivity index (χ0) is 13.3. The number of nitrogens with zero attached hydrogens (tertiary/aromatic N) is 4. The van der Waals surface area contributed by atoms with Crippen molar-refractivity contribution < 1.29 is 4.79 Å². The molecule has 1 N–H and O–H groups in total. The lowest BCUT2D eigenvalue weighted by molar-refractivity contribution is -0.122. The standard InChI is InChI=1S/C13H23N5O/c19-13(12-17-8-3-1-2-4-9-17)14-6-5-10-18-11-7-15-16-18/h7,11H,1-6,8-10,12H2,(H,14,19). The summed E-state index contributed by atoms with van der Waals surface area (Å²) in [6, 6.07) is 0. The maximum atomic E-state index is 11.8. The number of likely N-dealkylation sites (tertiary alicyclic amines) is 1. The molecule has 0 aromatic carbocycles. The SMILES string of the molecule is O=C(CN1CCCCCC1)NCCCn1ccnn1. The molecule has 1 saturated heterocycles. The van der Waals surface area contributed by atoms with Gasteiger partial charge in [0.15, 0.2) is 0 Å². The van der Waals surface area contributed by atoms with Crippen LogP contribution in [0.2, 0.25) is 0 Å². The predicted octanol–water partition coefficient (Wildman–Crippen LogP) is 0.660. The molecule has 0 atom stereocenters. The molecule has 106 valence electrons. The van der Waals surface area contributed by atoms with Crippen LogP contribution in [0, 0.1) is 0 Å². The molecular weight excluding hydrogens is 242 g/mol. The van der Waals surface area contributed by atoms with Crippen LogP contribution in [0.5, 0.6) is 0 Å². The van der Waals surface area contributed by atoms with E-state index in [9.17, 15) is 4.79 Å². The highest BCUT2D eigenvalue weighted by Gasteiger charge is 2.12. The number of hydrogen-bond donors (Lipinski definition) is 1. The van der Waals surface area contributed by atoms with E-state index in [1.165, 1.54) is 25.7 Å². The van der Waals surface area contributed by atoms with E-state index >= 15 is 0 Å². The molecule has 0 spiro atoms. The normalized spacial score (nSPS) is 17.1. The third kappa shape index (κ3) is 5.38. The smallest absolute Gasteiger partial charge is 0.234 e. The number of hydrogen-bond acceptors (Lipinski definition) is 4. The minimum atomic E-state index is 0.139. The highest BCUT2D eigenvalue weighted by molar-refractivity contribution is 5.77. The number of carbonyl (C=O) groups is 1. The summed E-state index contributed by atoms with van der Waals surface area (Å²) in [5.74, 6) is 0.139. The first-order chi connectivity index (χ1) is 9.34. The number of carbonyl (C=O) groups excluding carboxylic acids is 1. The minimum absolute atomic E-state index is 0.139. The average Bonchev–Trinajstić information content (AvgIpc) is 2.79. The Kier molecular flexibility index (Phi) is 5.81. The second kappa shape index (κ2) is 7.89. The van der Waals surface area contributed by atoms with Crippen LogP contribution in [-0.2, 0) is 11.3 Å². The molecule has 1 amide bonds. The zero-order valence-corrected chi connectivity index (χ0v) is 11.4. The van der Waals surface area contributed by atoms with E-state index in [0.717, 1.165) is 26.1 Å². The van der Waals surface area contributed by atoms with Gasteiger partial charge in [-0.15, -0.1) is 5.10 Å². The molecule has 19 heavy (non-hydrogen) atoms. The van der Waals surface area contributed by atoms with Crippen molar-refractivity contribution in [3.63, 3.8) is 0 Å². The van der Waals surface area contributed by atoms with Gasteiger partial charge in [0.25, 0.3) is 0 Å². The Morgan fingerprint density at radius 3 is 2.68 bits per heavy atom. The van der Waals surface area contributed by atoms with Gasteiger partial charge in [0.05, 0.1) is 12.7 Å². The molecule has 1 aliphatic rings. The van der Waals surface area contributed by atoms with Crippen LogP contribution < -0.4 is 5.32 Å². The van der Waals surface area contributed by atoms with Crippen LogP contribution in [0.15, 0.2) is 12.4 Å². The molecule has 2 heterocycles. The summed E-state index contributed by atoms with van der Waals surface area (Å²) in [6.45, 7) is 4.17. The number of aryl methyl sites for hydroxylation is 1. The lowest BCUT2D eigenvalue weighted by Crippen LogP contribution is -2.38. The Morgan fingerprint density at radius 1 is 1.21 bits per heavy atom. The summed E-state index contributed by atoms with van der Waals surface area (Å²) in [4.78, 5) is 14.1. The highest BCUT2D eigenvalue weighted by Crippen LogP contribution is 2.08. The summed E-state index contributed by atoms with van der Waals surface area (Å²) >= 11 is 0. The fourth-order valence-corrected chi connectivity index (χ4v) is 2.37. The molecule has 1 aliphatic heterocycles. The van der Waals surface area contributed by atoms with E-state index in [-0.39, 0.29) is 5.91 Å². The second-order valence-corrected chi connectivity index (χ2v) is 5.06. The van der Waals surface area contributed by atoms with Crippen LogP contribution in [0.4, 0.5) is 0 Å². The van der Waals surface area contributed by atoms with Crippen molar-refractivity contribution >= 4 is 5.91 Å². The number of aromatic nitrogens is 3. The van der Waals surface area contributed by atoms with Crippen molar-refractivity contribution in [1.82, 2.24) is 25.2 Å². The Bertz CT molecular complexity index is 357. The Hall–Kier alpha value is -1.43. The summed E-state index contributed by atoms with van der Waals surface area (Å²) in [6.07, 6.45) is 9.43. The molecule has 0 bridgehead atoms. The van der Waals surface area contributed by atoms with Crippen LogP contribution in [-0.4, -0.2) is 52.0 Å². The molecule has 0 unspecified atom stereocenters. The summed E-state index contributed by atoms with van der Waals surface area (Å²) in [5.41, 5.74) is 0. The third-order valence-electron chi connectivity index (χ3n) is 3.42. The van der Waals surface area contributed by atoms with Gasteiger partial charge in [-0.25, -0.2) is 0 Å². The number of nitrogens with one attached hydrogen (secondary N) is 1. The molecule has 0 radical (unpaired) electrons. The predicted molar refractivity (Wildman–Crippen MR) is 72.6 cm³/mol. The van der Waals surface area contributed by atoms with Gasteiger partial charge < -0.3 is 5.32 Å². The monoisotopic (exact) mass is 265 g/mol. The van der Waals surface area contributed by atoms with E-state index < -0.39 is 0 Å². The van der Waals surface area contributed by atoms with Gasteiger partial charge in [-0.2, -0.15) is 0 Å². The molecule has 6 nitrogen and oxygen atoms in total. The molecular formula is C13H23N5O. The lowest BCUT2D eigenvalue weighted by atomic mass is 10.2. The van der Waals surface area contributed by atoms with Gasteiger partial charge in [0.1, 0.15) is 0 Å². The van der Waals surface area contributed by atoms with E-state index in [0.29, 0.717) is 13.1 Å². The summed E-state index contributed by atoms with van der Waals surface area (Å²) in [7, 11) is 0. The fourth-order valence-electron chi connectivity index (χ4n) is 2.37. The molecule has 1 aromatic heterocycles. The van der Waals surface area contributed by atoms with Crippen LogP contribution >= 0.6 is 0 Å². The first-order valence-corrected chi connectivity index (χ1v) is 7.18. The maximum absolute atomic E-state index is 11.8. The summed E-state index contributed by atoms with van der Waals surface area (Å²) in [5, 5.41) is 10.6. The van der Waals surface area contributed by atoms with Gasteiger partial charge >= 0.3 is 0 Å². The van der Waals surface area contributed by atoms with Gasteiger partial charge in [-0.3, -0.25) is 14.4 Å². The fraction of sp³-hybridized carbons (Fsp3) is 0.769. The largest absolute Gasteiger partial charge is 0.355 e. The van der Waals surface area contributed by atoms with Crippen LogP contribution in [0.1, 0.15) is 32.1 Å². The number of amides is 1. The lowest BCUT2D eigenvalue weighted by Gasteiger charge is -2.18. The van der Waals surface area contributed by atoms with E-state index in [2.05, 4.69) is 20.5 Å². The molecule has 2 rings (SSSR count). The first-order valence-electron chi connectivity index (χ1n) is 7.18. The van der Waals surface area contributed by atoms with Crippen molar-refractivity contribution in [1.29, 1.82) is 0 Å². The van der Waals surface area contributed by atoms with E-state index in [1.807, 2.05) is 6.20 Å². The van der Waals surface area contributed by atoms with Gasteiger partial charge in [0, 0.05) is 19.3 Å². The first kappa shape index (κ1) is 14.0. The van der Waals surface area contributed by atoms with Crippen molar-refractivity contribution in [3.8, 4) is 0 Å². The maximum Gasteiger partial charge on any atom is 0.234 e. The van der Waals surface area contributed by atoms with Gasteiger partial charge in [-0.1, -0.05) is 18.1 Å². The van der Waals surface area contributed by atoms with Crippen molar-refractivity contribution in [2.75, 3.05) is 26.2 Å². The average molecular weight is 265 g/mol. The molecule has 6 heteroatoms. The third-order valence-corrected chi connectivity index (χ3v) is 3.42. The zero-order valence-electron chi connectivity index (χ0n) is 11.4. The Labute approximate surface area is 114 Å². The Morgan fingerprint density at radius 2 is 2.00 bits per heavy atom. The van der Waals surface area contributed by atoms with Crippen molar-refractivity contribution in [3.05, 3.63) is 12.4 Å².